The van der Waals surface area contributed by atoms with Gasteiger partial charge >= 0.3 is 0 Å². The smallest absolute Gasteiger partial charge is 0.255 e. The van der Waals surface area contributed by atoms with Crippen LogP contribution in [-0.4, -0.2) is 35.8 Å². The fraction of sp³-hybridized carbons (Fsp3) is 0.259. The van der Waals surface area contributed by atoms with Gasteiger partial charge in [0.15, 0.2) is 0 Å². The predicted octanol–water partition coefficient (Wildman–Crippen LogP) is 4.88. The number of halogens is 2. The molecule has 180 valence electrons. The Morgan fingerprint density at radius 1 is 1.03 bits per heavy atom. The van der Waals surface area contributed by atoms with Crippen molar-refractivity contribution in [3.63, 3.8) is 0 Å². The van der Waals surface area contributed by atoms with Gasteiger partial charge < -0.3 is 10.2 Å². The van der Waals surface area contributed by atoms with Gasteiger partial charge in [-0.1, -0.05) is 77.8 Å². The largest absolute Gasteiger partial charge is 0.326 e. The third-order valence-corrected chi connectivity index (χ3v) is 7.18. The van der Waals surface area contributed by atoms with E-state index in [0.717, 1.165) is 18.5 Å². The fourth-order valence-corrected chi connectivity index (χ4v) is 5.53. The number of benzene rings is 3. The van der Waals surface area contributed by atoms with Crippen LogP contribution in [0.1, 0.15) is 45.4 Å². The number of carbonyl (C=O) groups excluding carboxylic acids is 2. The van der Waals surface area contributed by atoms with Gasteiger partial charge in [0.25, 0.3) is 11.8 Å². The normalized spacial score (nSPS) is 21.6. The Bertz CT molecular complexity index is 1230. The zero-order valence-corrected chi connectivity index (χ0v) is 20.4. The number of hydroxylamine groups is 1. The van der Waals surface area contributed by atoms with Gasteiger partial charge in [-0.2, -0.15) is 0 Å². The van der Waals surface area contributed by atoms with Crippen molar-refractivity contribution >= 4 is 35.0 Å². The average Bonchev–Trinajstić information content (AvgIpc) is 3.39. The lowest BCUT2D eigenvalue weighted by atomic mass is 9.78. The Morgan fingerprint density at radius 2 is 1.80 bits per heavy atom. The molecule has 0 aliphatic carbocycles. The highest BCUT2D eigenvalue weighted by atomic mass is 35.5. The molecule has 2 aliphatic rings. The molecular weight excluding hydrogens is 485 g/mol. The maximum absolute atomic E-state index is 13.8. The van der Waals surface area contributed by atoms with Crippen LogP contribution in [0.2, 0.25) is 10.0 Å². The molecule has 2 amide bonds. The summed E-state index contributed by atoms with van der Waals surface area (Å²) in [6, 6.07) is 21.3. The topological polar surface area (TPSA) is 70.7 Å². The highest BCUT2D eigenvalue weighted by Crippen LogP contribution is 2.46. The molecular formula is C27H25Cl2N3O3. The van der Waals surface area contributed by atoms with Crippen LogP contribution in [-0.2, 0) is 16.2 Å². The summed E-state index contributed by atoms with van der Waals surface area (Å²) in [4.78, 5) is 34.9. The van der Waals surface area contributed by atoms with E-state index in [9.17, 15) is 9.59 Å². The summed E-state index contributed by atoms with van der Waals surface area (Å²) in [5, 5.41) is 4.23. The summed E-state index contributed by atoms with van der Waals surface area (Å²) in [6.45, 7) is 1.67. The lowest BCUT2D eigenvalue weighted by molar-refractivity contribution is -0.138. The van der Waals surface area contributed by atoms with Crippen molar-refractivity contribution < 1.29 is 14.4 Å². The maximum Gasteiger partial charge on any atom is 0.255 e. The number of carbonyl (C=O) groups is 2. The second-order valence-corrected chi connectivity index (χ2v) is 9.62. The van der Waals surface area contributed by atoms with E-state index in [1.165, 1.54) is 0 Å². The van der Waals surface area contributed by atoms with E-state index in [2.05, 4.69) is 10.8 Å². The van der Waals surface area contributed by atoms with Crippen molar-refractivity contribution in [3.8, 4) is 0 Å². The van der Waals surface area contributed by atoms with Gasteiger partial charge in [0.1, 0.15) is 0 Å². The van der Waals surface area contributed by atoms with Gasteiger partial charge in [-0.3, -0.25) is 14.4 Å². The first-order valence-electron chi connectivity index (χ1n) is 11.6. The van der Waals surface area contributed by atoms with Gasteiger partial charge in [0.05, 0.1) is 18.6 Å². The SMILES string of the molecule is O=C(NOCc1ccccc1)[C@@H]1c2ccccc2C(=O)N([C@H]2CCNC2)C1c1ccc(Cl)cc1Cl. The minimum atomic E-state index is -0.723. The molecule has 0 saturated carbocycles. The molecule has 3 atom stereocenters. The van der Waals surface area contributed by atoms with Crippen molar-refractivity contribution in [3.05, 3.63) is 105 Å². The van der Waals surface area contributed by atoms with E-state index < -0.39 is 12.0 Å². The minimum absolute atomic E-state index is 0.0758. The van der Waals surface area contributed by atoms with Crippen molar-refractivity contribution in [1.82, 2.24) is 15.7 Å². The van der Waals surface area contributed by atoms with Crippen LogP contribution in [0.25, 0.3) is 0 Å². The molecule has 0 bridgehead atoms. The van der Waals surface area contributed by atoms with E-state index in [4.69, 9.17) is 28.0 Å². The Morgan fingerprint density at radius 3 is 2.54 bits per heavy atom. The van der Waals surface area contributed by atoms with E-state index in [1.54, 1.807) is 24.3 Å². The average molecular weight is 510 g/mol. The number of hydrogen-bond donors (Lipinski definition) is 2. The number of rotatable bonds is 6. The molecule has 0 aromatic heterocycles. The van der Waals surface area contributed by atoms with Gasteiger partial charge in [0.2, 0.25) is 0 Å². The number of nitrogens with zero attached hydrogens (tertiary/aromatic N) is 1. The molecule has 0 spiro atoms. The summed E-state index contributed by atoms with van der Waals surface area (Å²) >= 11 is 12.8. The van der Waals surface area contributed by atoms with E-state index in [0.29, 0.717) is 33.3 Å². The molecule has 3 aromatic carbocycles. The summed E-state index contributed by atoms with van der Waals surface area (Å²) in [5.74, 6) is -1.17. The first kappa shape index (κ1) is 23.8. The van der Waals surface area contributed by atoms with Crippen molar-refractivity contribution in [2.45, 2.75) is 31.0 Å². The standard InChI is InChI=1S/C27H25Cl2N3O3/c28-18-10-11-22(23(29)14-18)25-24(26(33)31-35-16-17-6-2-1-3-7-17)20-8-4-5-9-21(20)27(34)32(25)19-12-13-30-15-19/h1-11,14,19,24-25,30H,12-13,15-16H2,(H,31,33)/t19-,24+,25?/m0/s1. The van der Waals surface area contributed by atoms with Crippen molar-refractivity contribution in [1.29, 1.82) is 0 Å². The zero-order chi connectivity index (χ0) is 24.4. The molecule has 1 fully saturated rings. The molecule has 2 N–H and O–H groups in total. The second kappa shape index (κ2) is 10.4. The Hall–Kier alpha value is -2.90. The molecule has 8 heteroatoms. The number of hydrogen-bond acceptors (Lipinski definition) is 4. The van der Waals surface area contributed by atoms with E-state index in [1.807, 2.05) is 53.4 Å². The summed E-state index contributed by atoms with van der Waals surface area (Å²) in [5.41, 5.74) is 5.41. The number of nitrogens with one attached hydrogen (secondary N) is 2. The van der Waals surface area contributed by atoms with Crippen LogP contribution in [0.15, 0.2) is 72.8 Å². The first-order chi connectivity index (χ1) is 17.0. The predicted molar refractivity (Wildman–Crippen MR) is 135 cm³/mol. The van der Waals surface area contributed by atoms with Gasteiger partial charge in [0, 0.05) is 28.2 Å². The quantitative estimate of drug-likeness (QED) is 0.464. The zero-order valence-electron chi connectivity index (χ0n) is 18.9. The molecule has 2 heterocycles. The van der Waals surface area contributed by atoms with Crippen molar-refractivity contribution in [2.24, 2.45) is 0 Å². The monoisotopic (exact) mass is 509 g/mol. The third-order valence-electron chi connectivity index (χ3n) is 6.62. The van der Waals surface area contributed by atoms with Gasteiger partial charge in [-0.15, -0.1) is 0 Å². The fourth-order valence-electron chi connectivity index (χ4n) is 5.01. The molecule has 5 rings (SSSR count). The molecule has 35 heavy (non-hydrogen) atoms. The minimum Gasteiger partial charge on any atom is -0.326 e. The first-order valence-corrected chi connectivity index (χ1v) is 12.3. The van der Waals surface area contributed by atoms with Crippen LogP contribution in [0.3, 0.4) is 0 Å². The lowest BCUT2D eigenvalue weighted by Gasteiger charge is -2.44. The molecule has 1 saturated heterocycles. The van der Waals surface area contributed by atoms with Crippen LogP contribution in [0.5, 0.6) is 0 Å². The summed E-state index contributed by atoms with van der Waals surface area (Å²) in [7, 11) is 0. The van der Waals surface area contributed by atoms with Crippen LogP contribution < -0.4 is 10.8 Å². The summed E-state index contributed by atoms with van der Waals surface area (Å²) in [6.07, 6.45) is 0.786. The number of amides is 2. The lowest BCUT2D eigenvalue weighted by Crippen LogP contribution is -2.52. The molecule has 0 radical (unpaired) electrons. The van der Waals surface area contributed by atoms with E-state index >= 15 is 0 Å². The molecule has 2 aliphatic heterocycles. The highest BCUT2D eigenvalue weighted by molar-refractivity contribution is 6.35. The Labute approximate surface area is 214 Å². The van der Waals surface area contributed by atoms with Crippen LogP contribution in [0, 0.1) is 0 Å². The van der Waals surface area contributed by atoms with Crippen molar-refractivity contribution in [2.75, 3.05) is 13.1 Å². The number of fused-ring (bicyclic) bond motifs is 1. The maximum atomic E-state index is 13.8. The summed E-state index contributed by atoms with van der Waals surface area (Å²) < 4.78 is 0. The Balaban J connectivity index is 1.55. The molecule has 1 unspecified atom stereocenters. The van der Waals surface area contributed by atoms with E-state index in [-0.39, 0.29) is 24.5 Å². The van der Waals surface area contributed by atoms with Crippen LogP contribution >= 0.6 is 23.2 Å². The molecule has 6 nitrogen and oxygen atoms in total. The molecule has 3 aromatic rings. The van der Waals surface area contributed by atoms with Crippen LogP contribution in [0.4, 0.5) is 0 Å². The second-order valence-electron chi connectivity index (χ2n) is 8.78. The van der Waals surface area contributed by atoms with Gasteiger partial charge in [-0.05, 0) is 47.9 Å². The van der Waals surface area contributed by atoms with Gasteiger partial charge in [-0.25, -0.2) is 5.48 Å². The third kappa shape index (κ3) is 4.80. The Kier molecular flexibility index (Phi) is 7.07. The highest BCUT2D eigenvalue weighted by Gasteiger charge is 2.47.